The molecule has 0 bridgehead atoms. The van der Waals surface area contributed by atoms with Crippen molar-refractivity contribution < 1.29 is 9.53 Å². The molecule has 0 fully saturated rings. The van der Waals surface area contributed by atoms with E-state index >= 15 is 0 Å². The molecule has 0 saturated heterocycles. The number of aryl methyl sites for hydroxylation is 2. The predicted molar refractivity (Wildman–Crippen MR) is 66.0 cm³/mol. The summed E-state index contributed by atoms with van der Waals surface area (Å²) in [6, 6.07) is 5.87. The minimum atomic E-state index is -0.581. The van der Waals surface area contributed by atoms with Crippen molar-refractivity contribution in [3.8, 4) is 5.75 Å². The van der Waals surface area contributed by atoms with Gasteiger partial charge in [-0.15, -0.1) is 0 Å². The predicted octanol–water partition coefficient (Wildman–Crippen LogP) is 3.47. The van der Waals surface area contributed by atoms with E-state index in [1.54, 1.807) is 0 Å². The molecule has 1 atom stereocenters. The molecule has 0 aliphatic heterocycles. The van der Waals surface area contributed by atoms with E-state index in [-0.39, 0.29) is 5.92 Å². The van der Waals surface area contributed by atoms with Crippen molar-refractivity contribution in [2.24, 2.45) is 5.92 Å². The van der Waals surface area contributed by atoms with Crippen molar-refractivity contribution in [2.45, 2.75) is 33.8 Å². The van der Waals surface area contributed by atoms with Gasteiger partial charge >= 0.3 is 0 Å². The quantitative estimate of drug-likeness (QED) is 0.754. The largest absolute Gasteiger partial charge is 0.481 e. The Labute approximate surface area is 102 Å². The van der Waals surface area contributed by atoms with Crippen LogP contribution in [0.5, 0.6) is 5.75 Å². The van der Waals surface area contributed by atoms with E-state index in [2.05, 4.69) is 6.07 Å². The van der Waals surface area contributed by atoms with Crippen molar-refractivity contribution in [1.82, 2.24) is 0 Å². The topological polar surface area (TPSA) is 26.3 Å². The summed E-state index contributed by atoms with van der Waals surface area (Å²) in [6.07, 6.45) is -0.581. The highest BCUT2D eigenvalue weighted by Crippen LogP contribution is 2.20. The first-order valence-electron chi connectivity index (χ1n) is 5.34. The van der Waals surface area contributed by atoms with Gasteiger partial charge in [-0.3, -0.25) is 4.79 Å². The zero-order chi connectivity index (χ0) is 12.3. The van der Waals surface area contributed by atoms with Crippen LogP contribution in [0.15, 0.2) is 18.2 Å². The standard InChI is InChI=1S/C13H17ClO2/c1-8(2)12(13(14)15)16-11-6-9(3)5-10(4)7-11/h5-8,12H,1-4H3. The minimum absolute atomic E-state index is 0.0609. The van der Waals surface area contributed by atoms with Gasteiger partial charge in [0.25, 0.3) is 5.24 Å². The molecule has 16 heavy (non-hydrogen) atoms. The number of rotatable bonds is 4. The van der Waals surface area contributed by atoms with Crippen LogP contribution in [0.2, 0.25) is 0 Å². The third-order valence-electron chi connectivity index (χ3n) is 2.29. The Bertz CT molecular complexity index is 365. The van der Waals surface area contributed by atoms with E-state index in [1.807, 2.05) is 39.8 Å². The van der Waals surface area contributed by atoms with E-state index in [1.165, 1.54) is 0 Å². The normalized spacial score (nSPS) is 12.6. The van der Waals surface area contributed by atoms with E-state index in [0.717, 1.165) is 11.1 Å². The zero-order valence-electron chi connectivity index (χ0n) is 10.1. The molecule has 3 heteroatoms. The number of halogens is 1. The van der Waals surface area contributed by atoms with Crippen LogP contribution in [0.4, 0.5) is 0 Å². The Balaban J connectivity index is 2.89. The summed E-state index contributed by atoms with van der Waals surface area (Å²) < 4.78 is 5.62. The minimum Gasteiger partial charge on any atom is -0.481 e. The van der Waals surface area contributed by atoms with Crippen LogP contribution in [0.25, 0.3) is 0 Å². The fraction of sp³-hybridized carbons (Fsp3) is 0.462. The molecule has 0 saturated carbocycles. The third kappa shape index (κ3) is 3.53. The molecule has 0 radical (unpaired) electrons. The summed E-state index contributed by atoms with van der Waals surface area (Å²) in [6.45, 7) is 7.81. The molecule has 0 aromatic heterocycles. The number of carbonyl (C=O) groups is 1. The molecular weight excluding hydrogens is 224 g/mol. The zero-order valence-corrected chi connectivity index (χ0v) is 10.8. The molecule has 0 N–H and O–H groups in total. The van der Waals surface area contributed by atoms with Crippen molar-refractivity contribution in [3.63, 3.8) is 0 Å². The van der Waals surface area contributed by atoms with Crippen LogP contribution >= 0.6 is 11.6 Å². The van der Waals surface area contributed by atoms with Gasteiger partial charge in [-0.1, -0.05) is 19.9 Å². The number of hydrogen-bond donors (Lipinski definition) is 0. The van der Waals surface area contributed by atoms with E-state index in [0.29, 0.717) is 5.75 Å². The molecule has 0 amide bonds. The SMILES string of the molecule is Cc1cc(C)cc(OC(C(=O)Cl)C(C)C)c1. The highest BCUT2D eigenvalue weighted by atomic mass is 35.5. The number of benzene rings is 1. The summed E-state index contributed by atoms with van der Waals surface area (Å²) in [5.74, 6) is 0.760. The lowest BCUT2D eigenvalue weighted by Crippen LogP contribution is -2.29. The Morgan fingerprint density at radius 1 is 1.19 bits per heavy atom. The Morgan fingerprint density at radius 2 is 1.69 bits per heavy atom. The maximum Gasteiger partial charge on any atom is 0.262 e. The molecule has 1 aromatic rings. The summed E-state index contributed by atoms with van der Waals surface area (Å²) >= 11 is 5.50. The molecular formula is C13H17ClO2. The first kappa shape index (κ1) is 13.0. The van der Waals surface area contributed by atoms with Crippen molar-refractivity contribution in [1.29, 1.82) is 0 Å². The second kappa shape index (κ2) is 5.35. The molecule has 0 spiro atoms. The highest BCUT2D eigenvalue weighted by molar-refractivity contribution is 6.64. The first-order valence-corrected chi connectivity index (χ1v) is 5.72. The number of carbonyl (C=O) groups excluding carboxylic acids is 1. The van der Waals surface area contributed by atoms with Crippen molar-refractivity contribution >= 4 is 16.8 Å². The van der Waals surface area contributed by atoms with Crippen molar-refractivity contribution in [2.75, 3.05) is 0 Å². The second-order valence-electron chi connectivity index (χ2n) is 4.41. The van der Waals surface area contributed by atoms with Crippen LogP contribution in [0.1, 0.15) is 25.0 Å². The lowest BCUT2D eigenvalue weighted by Gasteiger charge is -2.19. The maximum atomic E-state index is 11.2. The molecule has 1 aromatic carbocycles. The lowest BCUT2D eigenvalue weighted by atomic mass is 10.1. The summed E-state index contributed by atoms with van der Waals surface area (Å²) in [5.41, 5.74) is 2.22. The Morgan fingerprint density at radius 3 is 2.06 bits per heavy atom. The van der Waals surface area contributed by atoms with Crippen LogP contribution < -0.4 is 4.74 Å². The monoisotopic (exact) mass is 240 g/mol. The van der Waals surface area contributed by atoms with Gasteiger partial charge in [0, 0.05) is 0 Å². The van der Waals surface area contributed by atoms with Crippen LogP contribution in [0.3, 0.4) is 0 Å². The van der Waals surface area contributed by atoms with Crippen molar-refractivity contribution in [3.05, 3.63) is 29.3 Å². The molecule has 88 valence electrons. The molecule has 1 rings (SSSR count). The summed E-state index contributed by atoms with van der Waals surface area (Å²) in [7, 11) is 0. The van der Waals surface area contributed by atoms with Gasteiger partial charge in [-0.2, -0.15) is 0 Å². The van der Waals surface area contributed by atoms with E-state index in [9.17, 15) is 4.79 Å². The molecule has 0 heterocycles. The average molecular weight is 241 g/mol. The highest BCUT2D eigenvalue weighted by Gasteiger charge is 2.22. The fourth-order valence-corrected chi connectivity index (χ4v) is 1.89. The van der Waals surface area contributed by atoms with Gasteiger partial charge in [0.05, 0.1) is 0 Å². The van der Waals surface area contributed by atoms with Crippen LogP contribution in [0, 0.1) is 19.8 Å². The fourth-order valence-electron chi connectivity index (χ4n) is 1.59. The van der Waals surface area contributed by atoms with Gasteiger partial charge in [0.1, 0.15) is 5.75 Å². The van der Waals surface area contributed by atoms with Gasteiger partial charge in [0.2, 0.25) is 0 Å². The van der Waals surface area contributed by atoms with Crippen LogP contribution in [-0.2, 0) is 4.79 Å². The lowest BCUT2D eigenvalue weighted by molar-refractivity contribution is -0.119. The number of ether oxygens (including phenoxy) is 1. The smallest absolute Gasteiger partial charge is 0.262 e. The maximum absolute atomic E-state index is 11.2. The first-order chi connectivity index (χ1) is 7.40. The third-order valence-corrected chi connectivity index (χ3v) is 2.50. The second-order valence-corrected chi connectivity index (χ2v) is 4.78. The summed E-state index contributed by atoms with van der Waals surface area (Å²) in [5, 5.41) is -0.450. The number of hydrogen-bond acceptors (Lipinski definition) is 2. The van der Waals surface area contributed by atoms with E-state index in [4.69, 9.17) is 16.3 Å². The molecule has 0 aliphatic carbocycles. The Hall–Kier alpha value is -1.02. The molecule has 2 nitrogen and oxygen atoms in total. The molecule has 1 unspecified atom stereocenters. The molecule has 0 aliphatic rings. The average Bonchev–Trinajstić information content (AvgIpc) is 2.11. The summed E-state index contributed by atoms with van der Waals surface area (Å²) in [4.78, 5) is 11.2. The van der Waals surface area contributed by atoms with Gasteiger partial charge < -0.3 is 4.74 Å². The van der Waals surface area contributed by atoms with Crippen LogP contribution in [-0.4, -0.2) is 11.3 Å². The Kier molecular flexibility index (Phi) is 4.36. The van der Waals surface area contributed by atoms with Gasteiger partial charge in [-0.25, -0.2) is 0 Å². The van der Waals surface area contributed by atoms with Gasteiger partial charge in [0.15, 0.2) is 6.10 Å². The van der Waals surface area contributed by atoms with E-state index < -0.39 is 11.3 Å². The van der Waals surface area contributed by atoms with Gasteiger partial charge in [-0.05, 0) is 54.6 Å².